The molecule has 106 valence electrons. The molecule has 0 radical (unpaired) electrons. The Labute approximate surface area is 127 Å². The lowest BCUT2D eigenvalue weighted by molar-refractivity contribution is -0.116. The Morgan fingerprint density at radius 1 is 1.19 bits per heavy atom. The van der Waals surface area contributed by atoms with Crippen molar-refractivity contribution in [3.8, 4) is 0 Å². The van der Waals surface area contributed by atoms with Crippen LogP contribution in [0.15, 0.2) is 54.9 Å². The first-order valence-corrected chi connectivity index (χ1v) is 7.05. The smallest absolute Gasteiger partial charge is 0.226 e. The molecule has 21 heavy (non-hydrogen) atoms. The second kappa shape index (κ2) is 5.97. The van der Waals surface area contributed by atoms with Crippen LogP contribution in [0, 0.1) is 0 Å². The van der Waals surface area contributed by atoms with Gasteiger partial charge in [-0.3, -0.25) is 4.79 Å². The summed E-state index contributed by atoms with van der Waals surface area (Å²) in [5.74, 6) is -0.0463. The molecule has 3 aromatic rings. The fourth-order valence-corrected chi connectivity index (χ4v) is 2.39. The number of anilines is 1. The number of halogens is 1. The number of carbonyl (C=O) groups excluding carboxylic acids is 1. The lowest BCUT2D eigenvalue weighted by Crippen LogP contribution is -2.14. The van der Waals surface area contributed by atoms with Gasteiger partial charge in [0.05, 0.1) is 17.4 Å². The average molecular weight is 300 g/mol. The van der Waals surface area contributed by atoms with Gasteiger partial charge in [0.25, 0.3) is 0 Å². The van der Waals surface area contributed by atoms with Gasteiger partial charge in [-0.15, -0.1) is 0 Å². The monoisotopic (exact) mass is 299 g/mol. The number of hydrogen-bond acceptors (Lipinski definition) is 2. The molecule has 1 N–H and O–H groups in total. The van der Waals surface area contributed by atoms with Crippen molar-refractivity contribution in [1.29, 1.82) is 0 Å². The fraction of sp³-hybridized carbons (Fsp3) is 0.125. The molecule has 0 saturated heterocycles. The van der Waals surface area contributed by atoms with E-state index in [1.165, 1.54) is 0 Å². The lowest BCUT2D eigenvalue weighted by atomic mass is 10.3. The summed E-state index contributed by atoms with van der Waals surface area (Å²) in [6, 6.07) is 15.0. The molecule has 5 heteroatoms. The number of nitrogens with one attached hydrogen (secondary N) is 1. The van der Waals surface area contributed by atoms with E-state index in [0.717, 1.165) is 11.0 Å². The fourth-order valence-electron chi connectivity index (χ4n) is 2.20. The van der Waals surface area contributed by atoms with Crippen molar-refractivity contribution in [2.45, 2.75) is 13.0 Å². The van der Waals surface area contributed by atoms with Crippen LogP contribution < -0.4 is 5.32 Å². The van der Waals surface area contributed by atoms with Crippen molar-refractivity contribution in [1.82, 2.24) is 9.55 Å². The molecule has 3 rings (SSSR count). The molecule has 0 bridgehead atoms. The average Bonchev–Trinajstić information content (AvgIpc) is 2.88. The van der Waals surface area contributed by atoms with Gasteiger partial charge < -0.3 is 9.88 Å². The molecule has 0 aliphatic heterocycles. The van der Waals surface area contributed by atoms with E-state index in [9.17, 15) is 4.79 Å². The van der Waals surface area contributed by atoms with E-state index >= 15 is 0 Å². The molecule has 4 nitrogen and oxygen atoms in total. The first-order valence-electron chi connectivity index (χ1n) is 6.68. The van der Waals surface area contributed by atoms with Crippen LogP contribution in [0.25, 0.3) is 11.0 Å². The van der Waals surface area contributed by atoms with Crippen molar-refractivity contribution < 1.29 is 4.79 Å². The third kappa shape index (κ3) is 3.23. The first kappa shape index (κ1) is 13.6. The predicted molar refractivity (Wildman–Crippen MR) is 84.4 cm³/mol. The zero-order chi connectivity index (χ0) is 14.7. The SMILES string of the molecule is O=C(CCn1cnc2ccccc21)Nc1cccc(Cl)c1. The molecular formula is C16H14ClN3O. The lowest BCUT2D eigenvalue weighted by Gasteiger charge is -2.07. The third-order valence-corrected chi connectivity index (χ3v) is 3.45. The second-order valence-corrected chi connectivity index (χ2v) is 5.17. The van der Waals surface area contributed by atoms with Gasteiger partial charge in [0.15, 0.2) is 0 Å². The summed E-state index contributed by atoms with van der Waals surface area (Å²) in [5, 5.41) is 3.44. The standard InChI is InChI=1S/C16H14ClN3O/c17-12-4-3-5-13(10-12)19-16(21)8-9-20-11-18-14-6-1-2-7-15(14)20/h1-7,10-11H,8-9H2,(H,19,21). The first-order chi connectivity index (χ1) is 10.2. The van der Waals surface area contributed by atoms with E-state index < -0.39 is 0 Å². The minimum absolute atomic E-state index is 0.0463. The topological polar surface area (TPSA) is 46.9 Å². The van der Waals surface area contributed by atoms with Gasteiger partial charge in [0.2, 0.25) is 5.91 Å². The van der Waals surface area contributed by atoms with Crippen molar-refractivity contribution >= 4 is 34.2 Å². The predicted octanol–water partition coefficient (Wildman–Crippen LogP) is 3.72. The number of benzene rings is 2. The van der Waals surface area contributed by atoms with Crippen molar-refractivity contribution in [2.75, 3.05) is 5.32 Å². The van der Waals surface area contributed by atoms with Gasteiger partial charge >= 0.3 is 0 Å². The Morgan fingerprint density at radius 3 is 2.90 bits per heavy atom. The summed E-state index contributed by atoms with van der Waals surface area (Å²) in [6.45, 7) is 0.590. The quantitative estimate of drug-likeness (QED) is 0.798. The van der Waals surface area contributed by atoms with Gasteiger partial charge in [-0.05, 0) is 30.3 Å². The maximum atomic E-state index is 12.0. The van der Waals surface area contributed by atoms with E-state index in [2.05, 4.69) is 10.3 Å². The number of imidazole rings is 1. The number of hydrogen-bond donors (Lipinski definition) is 1. The van der Waals surface area contributed by atoms with Crippen LogP contribution in [0.4, 0.5) is 5.69 Å². The number of nitrogens with zero attached hydrogens (tertiary/aromatic N) is 2. The Kier molecular flexibility index (Phi) is 3.88. The van der Waals surface area contributed by atoms with Crippen LogP contribution in [0.2, 0.25) is 5.02 Å². The zero-order valence-electron chi connectivity index (χ0n) is 11.3. The normalized spacial score (nSPS) is 10.7. The largest absolute Gasteiger partial charge is 0.330 e. The molecular weight excluding hydrogens is 286 g/mol. The van der Waals surface area contributed by atoms with Gasteiger partial charge in [-0.2, -0.15) is 0 Å². The Hall–Kier alpha value is -2.33. The van der Waals surface area contributed by atoms with Crippen LogP contribution in [0.1, 0.15) is 6.42 Å². The van der Waals surface area contributed by atoms with Crippen LogP contribution in [-0.4, -0.2) is 15.5 Å². The molecule has 1 aromatic heterocycles. The highest BCUT2D eigenvalue weighted by atomic mass is 35.5. The maximum absolute atomic E-state index is 12.0. The molecule has 1 amide bonds. The zero-order valence-corrected chi connectivity index (χ0v) is 12.0. The molecule has 0 fully saturated rings. The van der Waals surface area contributed by atoms with E-state index in [4.69, 9.17) is 11.6 Å². The van der Waals surface area contributed by atoms with Gasteiger partial charge in [0, 0.05) is 23.7 Å². The molecule has 1 heterocycles. The number of para-hydroxylation sites is 2. The summed E-state index contributed by atoms with van der Waals surface area (Å²) in [7, 11) is 0. The number of aromatic nitrogens is 2. The highest BCUT2D eigenvalue weighted by molar-refractivity contribution is 6.30. The molecule has 0 aliphatic carbocycles. The Morgan fingerprint density at radius 2 is 2.05 bits per heavy atom. The number of fused-ring (bicyclic) bond motifs is 1. The molecule has 0 aliphatic rings. The number of carbonyl (C=O) groups is 1. The van der Waals surface area contributed by atoms with E-state index in [0.29, 0.717) is 23.7 Å². The van der Waals surface area contributed by atoms with Crippen molar-refractivity contribution in [2.24, 2.45) is 0 Å². The van der Waals surface area contributed by atoms with E-state index in [1.54, 1.807) is 24.5 Å². The number of amides is 1. The molecule has 0 spiro atoms. The van der Waals surface area contributed by atoms with Gasteiger partial charge in [-0.25, -0.2) is 4.98 Å². The van der Waals surface area contributed by atoms with Gasteiger partial charge in [-0.1, -0.05) is 29.8 Å². The maximum Gasteiger partial charge on any atom is 0.226 e. The van der Waals surface area contributed by atoms with Crippen LogP contribution >= 0.6 is 11.6 Å². The summed E-state index contributed by atoms with van der Waals surface area (Å²) in [5.41, 5.74) is 2.68. The van der Waals surface area contributed by atoms with Crippen LogP contribution in [0.5, 0.6) is 0 Å². The molecule has 0 atom stereocenters. The van der Waals surface area contributed by atoms with Crippen LogP contribution in [-0.2, 0) is 11.3 Å². The van der Waals surface area contributed by atoms with E-state index in [-0.39, 0.29) is 5.91 Å². The Balaban J connectivity index is 1.63. The number of aryl methyl sites for hydroxylation is 1. The number of rotatable bonds is 4. The third-order valence-electron chi connectivity index (χ3n) is 3.22. The second-order valence-electron chi connectivity index (χ2n) is 4.74. The summed E-state index contributed by atoms with van der Waals surface area (Å²) in [4.78, 5) is 16.3. The molecule has 2 aromatic carbocycles. The van der Waals surface area contributed by atoms with E-state index in [1.807, 2.05) is 34.9 Å². The Bertz CT molecular complexity index is 782. The van der Waals surface area contributed by atoms with Gasteiger partial charge in [0.1, 0.15) is 0 Å². The summed E-state index contributed by atoms with van der Waals surface area (Å²) in [6.07, 6.45) is 2.14. The minimum Gasteiger partial charge on any atom is -0.330 e. The van der Waals surface area contributed by atoms with Crippen LogP contribution in [0.3, 0.4) is 0 Å². The summed E-state index contributed by atoms with van der Waals surface area (Å²) >= 11 is 5.89. The summed E-state index contributed by atoms with van der Waals surface area (Å²) < 4.78 is 1.98. The van der Waals surface area contributed by atoms with Crippen molar-refractivity contribution in [3.63, 3.8) is 0 Å². The highest BCUT2D eigenvalue weighted by Gasteiger charge is 2.06. The molecule has 0 saturated carbocycles. The highest BCUT2D eigenvalue weighted by Crippen LogP contribution is 2.16. The minimum atomic E-state index is -0.0463. The van der Waals surface area contributed by atoms with Crippen molar-refractivity contribution in [3.05, 3.63) is 59.9 Å². The molecule has 0 unspecified atom stereocenters.